The van der Waals surface area contributed by atoms with E-state index < -0.39 is 45.1 Å². The smallest absolute Gasteiger partial charge is 0.266 e. The first-order chi connectivity index (χ1) is 14.2. The number of rotatable bonds is 6. The summed E-state index contributed by atoms with van der Waals surface area (Å²) in [4.78, 5) is 42.1. The summed E-state index contributed by atoms with van der Waals surface area (Å²) < 4.78 is 24.2. The number of carbonyl (C=O) groups excluding carboxylic acids is 3. The minimum atomic E-state index is -4.47. The van der Waals surface area contributed by atoms with Crippen molar-refractivity contribution in [1.82, 2.24) is 15.4 Å². The van der Waals surface area contributed by atoms with E-state index in [1.807, 2.05) is 12.1 Å². The number of aromatic nitrogens is 1. The number of piperidine rings is 1. The van der Waals surface area contributed by atoms with Crippen LogP contribution in [0.25, 0.3) is 0 Å². The second-order valence-corrected chi connectivity index (χ2v) is 10.1. The van der Waals surface area contributed by atoms with Crippen LogP contribution in [0.5, 0.6) is 0 Å². The highest BCUT2D eigenvalue weighted by atomic mass is 32.2. The van der Waals surface area contributed by atoms with Crippen LogP contribution in [0.15, 0.2) is 58.6 Å². The lowest BCUT2D eigenvalue weighted by molar-refractivity contribution is -0.151. The summed E-state index contributed by atoms with van der Waals surface area (Å²) in [6.45, 7) is 0. The molecule has 9 nitrogen and oxygen atoms in total. The molecule has 0 bridgehead atoms. The second-order valence-electron chi connectivity index (χ2n) is 6.76. The van der Waals surface area contributed by atoms with Crippen LogP contribution in [0.1, 0.15) is 18.4 Å². The van der Waals surface area contributed by atoms with Gasteiger partial charge in [-0.1, -0.05) is 6.07 Å². The van der Waals surface area contributed by atoms with Crippen LogP contribution in [-0.2, 0) is 30.0 Å². The van der Waals surface area contributed by atoms with Crippen LogP contribution >= 0.6 is 11.8 Å². The first-order valence-corrected chi connectivity index (χ1v) is 11.3. The SMILES string of the molecule is CN1C(=O)CC(C(=O)NO)(S(=O)(=O)c2ccc(SCc3cccnc3)cc2)CC1=O. The minimum Gasteiger partial charge on any atom is -0.289 e. The number of nitrogens with zero attached hydrogens (tertiary/aromatic N) is 2. The van der Waals surface area contributed by atoms with Crippen LogP contribution in [0, 0.1) is 0 Å². The molecule has 11 heteroatoms. The molecule has 2 N–H and O–H groups in total. The number of hydrogen-bond acceptors (Lipinski definition) is 8. The third kappa shape index (κ3) is 3.95. The number of nitrogens with one attached hydrogen (secondary N) is 1. The Labute approximate surface area is 177 Å². The summed E-state index contributed by atoms with van der Waals surface area (Å²) in [5.74, 6) is -2.32. The maximum Gasteiger partial charge on any atom is 0.266 e. The van der Waals surface area contributed by atoms with Gasteiger partial charge in [-0.2, -0.15) is 0 Å². The van der Waals surface area contributed by atoms with E-state index in [1.165, 1.54) is 36.4 Å². The standard InChI is InChI=1S/C19H19N3O6S2/c1-22-16(23)9-19(10-17(22)24,18(25)21-26)30(27,28)15-6-4-14(5-7-15)29-12-13-3-2-8-20-11-13/h2-8,11,26H,9-10,12H2,1H3,(H,21,25). The Bertz CT molecular complexity index is 1050. The lowest BCUT2D eigenvalue weighted by atomic mass is 9.94. The summed E-state index contributed by atoms with van der Waals surface area (Å²) in [6, 6.07) is 9.54. The molecule has 3 rings (SSSR count). The fourth-order valence-corrected chi connectivity index (χ4v) is 5.79. The minimum absolute atomic E-state index is 0.220. The highest BCUT2D eigenvalue weighted by molar-refractivity contribution is 7.98. The van der Waals surface area contributed by atoms with E-state index in [4.69, 9.17) is 5.21 Å². The van der Waals surface area contributed by atoms with Crippen molar-refractivity contribution < 1.29 is 28.0 Å². The monoisotopic (exact) mass is 449 g/mol. The number of pyridine rings is 1. The van der Waals surface area contributed by atoms with E-state index in [1.54, 1.807) is 24.5 Å². The molecule has 0 unspecified atom stereocenters. The molecular formula is C19H19N3O6S2. The average Bonchev–Trinajstić information content (AvgIpc) is 2.76. The molecule has 1 saturated heterocycles. The zero-order valence-electron chi connectivity index (χ0n) is 15.9. The summed E-state index contributed by atoms with van der Waals surface area (Å²) in [5.41, 5.74) is 2.31. The van der Waals surface area contributed by atoms with Crippen molar-refractivity contribution >= 4 is 39.3 Å². The van der Waals surface area contributed by atoms with E-state index in [2.05, 4.69) is 4.98 Å². The Kier molecular flexibility index (Phi) is 6.25. The lowest BCUT2D eigenvalue weighted by Crippen LogP contribution is -2.60. The van der Waals surface area contributed by atoms with Crippen molar-refractivity contribution in [3.05, 3.63) is 54.4 Å². The molecule has 0 atom stereocenters. The predicted octanol–water partition coefficient (Wildman–Crippen LogP) is 1.17. The zero-order chi connectivity index (χ0) is 21.9. The molecule has 1 aliphatic heterocycles. The van der Waals surface area contributed by atoms with Crippen molar-refractivity contribution in [3.63, 3.8) is 0 Å². The maximum absolute atomic E-state index is 13.3. The summed E-state index contributed by atoms with van der Waals surface area (Å²) in [6.07, 6.45) is 1.91. The fraction of sp³-hybridized carbons (Fsp3) is 0.263. The topological polar surface area (TPSA) is 134 Å². The predicted molar refractivity (Wildman–Crippen MR) is 107 cm³/mol. The van der Waals surface area contributed by atoms with Gasteiger partial charge < -0.3 is 0 Å². The third-order valence-corrected chi connectivity index (χ3v) is 8.39. The number of benzene rings is 1. The van der Waals surface area contributed by atoms with E-state index in [9.17, 15) is 22.8 Å². The van der Waals surface area contributed by atoms with Crippen LogP contribution in [0.3, 0.4) is 0 Å². The summed E-state index contributed by atoms with van der Waals surface area (Å²) >= 11 is 1.47. The molecule has 1 aromatic heterocycles. The number of likely N-dealkylation sites (tertiary alicyclic amines) is 1. The summed E-state index contributed by atoms with van der Waals surface area (Å²) in [7, 11) is -3.25. The first kappa shape index (κ1) is 21.9. The zero-order valence-corrected chi connectivity index (χ0v) is 17.6. The Morgan fingerprint density at radius 1 is 1.20 bits per heavy atom. The van der Waals surface area contributed by atoms with Gasteiger partial charge in [-0.15, -0.1) is 11.8 Å². The second kappa shape index (κ2) is 8.54. The van der Waals surface area contributed by atoms with Gasteiger partial charge in [0.25, 0.3) is 5.91 Å². The van der Waals surface area contributed by atoms with Gasteiger partial charge in [0.05, 0.1) is 17.7 Å². The van der Waals surface area contributed by atoms with Gasteiger partial charge in [0.2, 0.25) is 11.8 Å². The Balaban J connectivity index is 1.89. The molecule has 2 heterocycles. The van der Waals surface area contributed by atoms with E-state index in [0.29, 0.717) is 5.75 Å². The van der Waals surface area contributed by atoms with Gasteiger partial charge in [-0.05, 0) is 35.9 Å². The number of hydrogen-bond donors (Lipinski definition) is 2. The number of sulfone groups is 1. The van der Waals surface area contributed by atoms with Crippen molar-refractivity contribution in [1.29, 1.82) is 0 Å². The fourth-order valence-electron chi connectivity index (χ4n) is 3.09. The van der Waals surface area contributed by atoms with Crippen molar-refractivity contribution in [2.45, 2.75) is 33.1 Å². The molecule has 1 aromatic carbocycles. The van der Waals surface area contributed by atoms with Gasteiger partial charge in [0, 0.05) is 30.1 Å². The van der Waals surface area contributed by atoms with E-state index in [-0.39, 0.29) is 4.90 Å². The highest BCUT2D eigenvalue weighted by Crippen LogP contribution is 2.37. The van der Waals surface area contributed by atoms with Crippen molar-refractivity contribution in [3.8, 4) is 0 Å². The Morgan fingerprint density at radius 3 is 2.37 bits per heavy atom. The van der Waals surface area contributed by atoms with Crippen molar-refractivity contribution in [2.75, 3.05) is 7.05 Å². The molecule has 1 fully saturated rings. The Hall–Kier alpha value is -2.76. The van der Waals surface area contributed by atoms with Crippen molar-refractivity contribution in [2.24, 2.45) is 0 Å². The van der Waals surface area contributed by atoms with Crippen LogP contribution < -0.4 is 5.48 Å². The third-order valence-electron chi connectivity index (χ3n) is 4.91. The largest absolute Gasteiger partial charge is 0.289 e. The number of amides is 3. The molecule has 2 aromatic rings. The normalized spacial score (nSPS) is 16.4. The molecule has 1 aliphatic rings. The first-order valence-electron chi connectivity index (χ1n) is 8.81. The quantitative estimate of drug-likeness (QED) is 0.291. The average molecular weight is 450 g/mol. The van der Waals surface area contributed by atoms with Crippen LogP contribution in [-0.4, -0.2) is 53.0 Å². The van der Waals surface area contributed by atoms with E-state index in [0.717, 1.165) is 15.4 Å². The van der Waals surface area contributed by atoms with Crippen LogP contribution in [0.2, 0.25) is 0 Å². The molecule has 0 radical (unpaired) electrons. The molecule has 0 aliphatic carbocycles. The van der Waals surface area contributed by atoms with Gasteiger partial charge >= 0.3 is 0 Å². The maximum atomic E-state index is 13.3. The van der Waals surface area contributed by atoms with Gasteiger partial charge in [0.1, 0.15) is 0 Å². The van der Waals surface area contributed by atoms with Crippen LogP contribution in [0.4, 0.5) is 0 Å². The molecule has 30 heavy (non-hydrogen) atoms. The molecule has 3 amide bonds. The van der Waals surface area contributed by atoms with Gasteiger partial charge in [-0.25, -0.2) is 13.9 Å². The Morgan fingerprint density at radius 2 is 1.83 bits per heavy atom. The molecule has 0 saturated carbocycles. The summed E-state index contributed by atoms with van der Waals surface area (Å²) in [5, 5.41) is 9.11. The molecule has 158 valence electrons. The van der Waals surface area contributed by atoms with Gasteiger partial charge in [0.15, 0.2) is 14.6 Å². The number of carbonyl (C=O) groups is 3. The highest BCUT2D eigenvalue weighted by Gasteiger charge is 2.57. The number of thioether (sulfide) groups is 1. The van der Waals surface area contributed by atoms with Gasteiger partial charge in [-0.3, -0.25) is 29.5 Å². The number of imide groups is 1. The molecular weight excluding hydrogens is 430 g/mol. The lowest BCUT2D eigenvalue weighted by Gasteiger charge is -2.36. The number of hydroxylamine groups is 1. The molecule has 0 spiro atoms. The van der Waals surface area contributed by atoms with E-state index >= 15 is 0 Å².